The summed E-state index contributed by atoms with van der Waals surface area (Å²) in [7, 11) is 1.48. The molecule has 25 heavy (non-hydrogen) atoms. The lowest BCUT2D eigenvalue weighted by Gasteiger charge is -2.19. The van der Waals surface area contributed by atoms with Crippen LogP contribution in [-0.2, 0) is 7.05 Å². The predicted molar refractivity (Wildman–Crippen MR) is 107 cm³/mol. The first-order chi connectivity index (χ1) is 12.3. The Morgan fingerprint density at radius 3 is 1.68 bits per heavy atom. The molecule has 1 heterocycles. The van der Waals surface area contributed by atoms with Gasteiger partial charge < -0.3 is 4.57 Å². The average Bonchev–Trinajstić information content (AvgIpc) is 3.06. The molecule has 4 aromatic rings. The highest BCUT2D eigenvalue weighted by molar-refractivity contribution is 7.79. The van der Waals surface area contributed by atoms with Crippen molar-refractivity contribution in [3.8, 4) is 11.4 Å². The quantitative estimate of drug-likeness (QED) is 0.515. The van der Waals surface area contributed by atoms with Gasteiger partial charge in [0.15, 0.2) is 0 Å². The molecular formula is C22H19N2P. The first kappa shape index (κ1) is 15.8. The third-order valence-electron chi connectivity index (χ3n) is 4.25. The molecule has 0 N–H and O–H groups in total. The number of rotatable bonds is 4. The second-order valence-electron chi connectivity index (χ2n) is 5.87. The Kier molecular flexibility index (Phi) is 4.45. The van der Waals surface area contributed by atoms with Gasteiger partial charge >= 0.3 is 0 Å². The molecule has 0 unspecified atom stereocenters. The molecule has 0 spiro atoms. The Morgan fingerprint density at radius 1 is 0.680 bits per heavy atom. The maximum atomic E-state index is 4.74. The normalized spacial score (nSPS) is 11.0. The molecule has 0 bridgehead atoms. The highest BCUT2D eigenvalue weighted by Crippen LogP contribution is 2.33. The topological polar surface area (TPSA) is 17.8 Å². The molecule has 0 aliphatic heterocycles. The number of hydrogen-bond donors (Lipinski definition) is 0. The van der Waals surface area contributed by atoms with Crippen molar-refractivity contribution in [1.82, 2.24) is 9.55 Å². The van der Waals surface area contributed by atoms with Crippen LogP contribution in [0.3, 0.4) is 0 Å². The van der Waals surface area contributed by atoms with Crippen LogP contribution in [0.2, 0.25) is 0 Å². The van der Waals surface area contributed by atoms with Gasteiger partial charge in [0.2, 0.25) is 0 Å². The van der Waals surface area contributed by atoms with Crippen molar-refractivity contribution in [2.24, 2.45) is 7.05 Å². The smallest absolute Gasteiger partial charge is 0.140 e. The maximum absolute atomic E-state index is 4.74. The number of imidazole rings is 1. The van der Waals surface area contributed by atoms with Crippen molar-refractivity contribution in [2.45, 2.75) is 0 Å². The lowest BCUT2D eigenvalue weighted by molar-refractivity contribution is 0.952. The summed E-state index contributed by atoms with van der Waals surface area (Å²) in [6.45, 7) is 0. The van der Waals surface area contributed by atoms with E-state index in [2.05, 4.69) is 96.5 Å². The van der Waals surface area contributed by atoms with Gasteiger partial charge in [-0.15, -0.1) is 0 Å². The van der Waals surface area contributed by atoms with E-state index in [1.807, 2.05) is 12.3 Å². The summed E-state index contributed by atoms with van der Waals surface area (Å²) in [6.07, 6.45) is 2.04. The first-order valence-corrected chi connectivity index (χ1v) is 9.66. The summed E-state index contributed by atoms with van der Waals surface area (Å²) in [5, 5.41) is 2.68. The van der Waals surface area contributed by atoms with Crippen LogP contribution < -0.4 is 16.0 Å². The van der Waals surface area contributed by atoms with Crippen LogP contribution in [0.5, 0.6) is 0 Å². The number of aromatic nitrogens is 2. The van der Waals surface area contributed by atoms with Crippen molar-refractivity contribution < 1.29 is 0 Å². The molecule has 0 radical (unpaired) electrons. The lowest BCUT2D eigenvalue weighted by atomic mass is 10.2. The van der Waals surface area contributed by atoms with Gasteiger partial charge in [-0.3, -0.25) is 0 Å². The Labute approximate surface area is 149 Å². The summed E-state index contributed by atoms with van der Waals surface area (Å²) < 4.78 is 2.24. The number of nitrogens with zero attached hydrogens (tertiary/aromatic N) is 2. The third-order valence-corrected chi connectivity index (χ3v) is 6.76. The van der Waals surface area contributed by atoms with Gasteiger partial charge in [0.1, 0.15) is 5.82 Å². The van der Waals surface area contributed by atoms with E-state index >= 15 is 0 Å². The van der Waals surface area contributed by atoms with Gasteiger partial charge in [0.05, 0.1) is 11.6 Å². The van der Waals surface area contributed by atoms with Crippen LogP contribution in [0.4, 0.5) is 0 Å². The summed E-state index contributed by atoms with van der Waals surface area (Å²) in [6, 6.07) is 31.8. The SMILES string of the molecule is Cn1c(P(c2ccccc2)c2ccccc2)cnc1-c1ccccc1. The van der Waals surface area contributed by atoms with Gasteiger partial charge in [0.25, 0.3) is 0 Å². The summed E-state index contributed by atoms with van der Waals surface area (Å²) >= 11 is 0. The van der Waals surface area contributed by atoms with Crippen molar-refractivity contribution in [3.63, 3.8) is 0 Å². The molecule has 0 aliphatic rings. The van der Waals surface area contributed by atoms with Crippen molar-refractivity contribution >= 4 is 24.0 Å². The Balaban J connectivity index is 1.86. The Hall–Kier alpha value is -2.70. The summed E-state index contributed by atoms with van der Waals surface area (Å²) in [5.41, 5.74) is 2.40. The molecule has 0 amide bonds. The molecular weight excluding hydrogens is 323 g/mol. The molecule has 0 saturated carbocycles. The molecule has 122 valence electrons. The van der Waals surface area contributed by atoms with Gasteiger partial charge in [-0.25, -0.2) is 4.98 Å². The van der Waals surface area contributed by atoms with E-state index in [4.69, 9.17) is 4.98 Å². The van der Waals surface area contributed by atoms with Crippen LogP contribution >= 0.6 is 7.92 Å². The van der Waals surface area contributed by atoms with E-state index in [1.54, 1.807) is 0 Å². The van der Waals surface area contributed by atoms with E-state index in [1.165, 1.54) is 16.0 Å². The number of hydrogen-bond acceptors (Lipinski definition) is 1. The van der Waals surface area contributed by atoms with Crippen molar-refractivity contribution in [3.05, 3.63) is 97.2 Å². The zero-order valence-electron chi connectivity index (χ0n) is 14.1. The fourth-order valence-electron chi connectivity index (χ4n) is 3.03. The van der Waals surface area contributed by atoms with Crippen molar-refractivity contribution in [1.29, 1.82) is 0 Å². The van der Waals surface area contributed by atoms with Crippen LogP contribution in [0.15, 0.2) is 97.2 Å². The van der Waals surface area contributed by atoms with E-state index < -0.39 is 7.92 Å². The largest absolute Gasteiger partial charge is 0.327 e. The molecule has 4 rings (SSSR count). The molecule has 1 aromatic heterocycles. The monoisotopic (exact) mass is 342 g/mol. The lowest BCUT2D eigenvalue weighted by Crippen LogP contribution is -2.25. The predicted octanol–water partition coefficient (Wildman–Crippen LogP) is 3.85. The highest BCUT2D eigenvalue weighted by atomic mass is 31.1. The minimum Gasteiger partial charge on any atom is -0.327 e. The zero-order valence-corrected chi connectivity index (χ0v) is 15.0. The fourth-order valence-corrected chi connectivity index (χ4v) is 5.37. The molecule has 3 aromatic carbocycles. The highest BCUT2D eigenvalue weighted by Gasteiger charge is 2.21. The van der Waals surface area contributed by atoms with Crippen LogP contribution in [0.25, 0.3) is 11.4 Å². The molecule has 0 atom stereocenters. The zero-order chi connectivity index (χ0) is 17.1. The van der Waals surface area contributed by atoms with Crippen molar-refractivity contribution in [2.75, 3.05) is 0 Å². The summed E-state index contributed by atoms with van der Waals surface area (Å²) in [4.78, 5) is 4.74. The minimum absolute atomic E-state index is 0.636. The Morgan fingerprint density at radius 2 is 1.16 bits per heavy atom. The molecule has 2 nitrogen and oxygen atoms in total. The first-order valence-electron chi connectivity index (χ1n) is 8.32. The van der Waals surface area contributed by atoms with Crippen LogP contribution in [0, 0.1) is 0 Å². The van der Waals surface area contributed by atoms with Crippen LogP contribution in [-0.4, -0.2) is 9.55 Å². The maximum Gasteiger partial charge on any atom is 0.140 e. The third kappa shape index (κ3) is 3.14. The van der Waals surface area contributed by atoms with E-state index in [0.717, 1.165) is 11.4 Å². The standard InChI is InChI=1S/C22H19N2P/c1-24-21(17-23-22(24)18-11-5-2-6-12-18)25(19-13-7-3-8-14-19)20-15-9-4-10-16-20/h2-17H,1H3. The van der Waals surface area contributed by atoms with Gasteiger partial charge in [-0.05, 0) is 10.6 Å². The summed E-state index contributed by atoms with van der Waals surface area (Å²) in [5.74, 6) is 1.01. The molecule has 0 fully saturated rings. The van der Waals surface area contributed by atoms with E-state index in [9.17, 15) is 0 Å². The minimum atomic E-state index is -0.636. The second-order valence-corrected chi connectivity index (χ2v) is 8.03. The average molecular weight is 342 g/mol. The number of benzene rings is 3. The van der Waals surface area contributed by atoms with Gasteiger partial charge in [0, 0.05) is 20.5 Å². The van der Waals surface area contributed by atoms with E-state index in [-0.39, 0.29) is 0 Å². The van der Waals surface area contributed by atoms with E-state index in [0.29, 0.717) is 0 Å². The van der Waals surface area contributed by atoms with Gasteiger partial charge in [-0.1, -0.05) is 91.0 Å². The molecule has 3 heteroatoms. The fraction of sp³-hybridized carbons (Fsp3) is 0.0455. The van der Waals surface area contributed by atoms with Gasteiger partial charge in [-0.2, -0.15) is 0 Å². The Bertz CT molecular complexity index is 908. The second kappa shape index (κ2) is 7.04. The molecule has 0 saturated heterocycles. The van der Waals surface area contributed by atoms with Crippen LogP contribution in [0.1, 0.15) is 0 Å². The molecule has 0 aliphatic carbocycles.